The third-order valence-electron chi connectivity index (χ3n) is 6.44. The van der Waals surface area contributed by atoms with E-state index in [0.717, 1.165) is 48.9 Å². The van der Waals surface area contributed by atoms with Crippen LogP contribution in [0.5, 0.6) is 0 Å². The van der Waals surface area contributed by atoms with Gasteiger partial charge in [0.25, 0.3) is 0 Å². The third kappa shape index (κ3) is 5.16. The van der Waals surface area contributed by atoms with Crippen molar-refractivity contribution in [3.05, 3.63) is 42.0 Å². The predicted molar refractivity (Wildman–Crippen MR) is 117 cm³/mol. The Hall–Kier alpha value is -1.81. The lowest BCUT2D eigenvalue weighted by atomic mass is 9.92. The van der Waals surface area contributed by atoms with Crippen molar-refractivity contribution in [2.24, 2.45) is 0 Å². The van der Waals surface area contributed by atoms with Crippen molar-refractivity contribution in [1.29, 1.82) is 0 Å². The van der Waals surface area contributed by atoms with Crippen molar-refractivity contribution in [1.82, 2.24) is 15.1 Å². The second-order valence-electron chi connectivity index (χ2n) is 9.08. The SMILES string of the molecule is C=C(C)c1cccc(C(C)(C)NC(=O)N2CCN(C3CCCCCC3)CC2)c1. The Morgan fingerprint density at radius 1 is 1.07 bits per heavy atom. The summed E-state index contributed by atoms with van der Waals surface area (Å²) < 4.78 is 0. The van der Waals surface area contributed by atoms with Crippen LogP contribution in [0.2, 0.25) is 0 Å². The molecule has 1 saturated carbocycles. The van der Waals surface area contributed by atoms with Gasteiger partial charge in [-0.3, -0.25) is 4.90 Å². The molecule has 1 N–H and O–H groups in total. The van der Waals surface area contributed by atoms with Gasteiger partial charge >= 0.3 is 6.03 Å². The van der Waals surface area contributed by atoms with E-state index < -0.39 is 5.54 Å². The van der Waals surface area contributed by atoms with Crippen LogP contribution in [-0.2, 0) is 5.54 Å². The van der Waals surface area contributed by atoms with Crippen molar-refractivity contribution in [3.63, 3.8) is 0 Å². The molecule has 2 amide bonds. The number of piperazine rings is 1. The first-order valence-electron chi connectivity index (χ1n) is 10.9. The van der Waals surface area contributed by atoms with Gasteiger partial charge in [-0.2, -0.15) is 0 Å². The Labute approximate surface area is 171 Å². The van der Waals surface area contributed by atoms with Crippen LogP contribution in [0.4, 0.5) is 4.79 Å². The first-order valence-corrected chi connectivity index (χ1v) is 10.9. The number of amides is 2. The number of benzene rings is 1. The van der Waals surface area contributed by atoms with E-state index in [1.165, 1.54) is 38.5 Å². The van der Waals surface area contributed by atoms with Crippen LogP contribution < -0.4 is 5.32 Å². The van der Waals surface area contributed by atoms with E-state index in [9.17, 15) is 4.79 Å². The van der Waals surface area contributed by atoms with Crippen LogP contribution in [0, 0.1) is 0 Å². The normalized spacial score (nSPS) is 19.9. The van der Waals surface area contributed by atoms with Gasteiger partial charge in [-0.25, -0.2) is 4.79 Å². The minimum atomic E-state index is -0.416. The van der Waals surface area contributed by atoms with Gasteiger partial charge in [0.2, 0.25) is 0 Å². The molecule has 1 aromatic carbocycles. The van der Waals surface area contributed by atoms with Crippen LogP contribution in [-0.4, -0.2) is 48.1 Å². The average Bonchev–Trinajstić information content (AvgIpc) is 2.97. The molecule has 4 heteroatoms. The monoisotopic (exact) mass is 383 g/mol. The Bertz CT molecular complexity index is 681. The second kappa shape index (κ2) is 9.13. The first-order chi connectivity index (χ1) is 13.4. The molecule has 0 aromatic heterocycles. The summed E-state index contributed by atoms with van der Waals surface area (Å²) in [5.41, 5.74) is 2.86. The van der Waals surface area contributed by atoms with Crippen molar-refractivity contribution in [2.45, 2.75) is 70.9 Å². The number of nitrogens with one attached hydrogen (secondary N) is 1. The summed E-state index contributed by atoms with van der Waals surface area (Å²) in [4.78, 5) is 17.5. The molecule has 1 aliphatic carbocycles. The standard InChI is InChI=1S/C24H37N3O/c1-19(2)20-10-9-11-21(18-20)24(3,4)25-23(28)27-16-14-26(15-17-27)22-12-7-5-6-8-13-22/h9-11,18,22H,1,5-8,12-17H2,2-4H3,(H,25,28). The van der Waals surface area contributed by atoms with Crippen LogP contribution in [0.15, 0.2) is 30.8 Å². The largest absolute Gasteiger partial charge is 0.329 e. The Morgan fingerprint density at radius 2 is 1.71 bits per heavy atom. The summed E-state index contributed by atoms with van der Waals surface area (Å²) in [7, 11) is 0. The first kappa shape index (κ1) is 20.9. The average molecular weight is 384 g/mol. The minimum absolute atomic E-state index is 0.0474. The van der Waals surface area contributed by atoms with Crippen molar-refractivity contribution in [2.75, 3.05) is 26.2 Å². The molecule has 0 spiro atoms. The van der Waals surface area contributed by atoms with Crippen molar-refractivity contribution < 1.29 is 4.79 Å². The fourth-order valence-corrected chi connectivity index (χ4v) is 4.51. The fourth-order valence-electron chi connectivity index (χ4n) is 4.51. The van der Waals surface area contributed by atoms with Gasteiger partial charge in [0.05, 0.1) is 5.54 Å². The summed E-state index contributed by atoms with van der Waals surface area (Å²) in [6.07, 6.45) is 8.17. The van der Waals surface area contributed by atoms with Crippen molar-refractivity contribution in [3.8, 4) is 0 Å². The zero-order valence-electron chi connectivity index (χ0n) is 18.0. The quantitative estimate of drug-likeness (QED) is 0.742. The van der Waals surface area contributed by atoms with E-state index in [4.69, 9.17) is 0 Å². The van der Waals surface area contributed by atoms with E-state index in [0.29, 0.717) is 0 Å². The smallest absolute Gasteiger partial charge is 0.318 e. The molecule has 4 nitrogen and oxygen atoms in total. The van der Waals surface area contributed by atoms with E-state index in [1.54, 1.807) is 0 Å². The highest BCUT2D eigenvalue weighted by Gasteiger charge is 2.30. The highest BCUT2D eigenvalue weighted by atomic mass is 16.2. The fraction of sp³-hybridized carbons (Fsp3) is 0.625. The molecular weight excluding hydrogens is 346 g/mol. The minimum Gasteiger partial charge on any atom is -0.329 e. The molecule has 1 aromatic rings. The maximum Gasteiger partial charge on any atom is 0.318 e. The number of urea groups is 1. The highest BCUT2D eigenvalue weighted by molar-refractivity contribution is 5.75. The van der Waals surface area contributed by atoms with E-state index >= 15 is 0 Å². The highest BCUT2D eigenvalue weighted by Crippen LogP contribution is 2.25. The predicted octanol–water partition coefficient (Wildman–Crippen LogP) is 5.00. The summed E-state index contributed by atoms with van der Waals surface area (Å²) >= 11 is 0. The molecule has 2 fully saturated rings. The maximum absolute atomic E-state index is 12.9. The lowest BCUT2D eigenvalue weighted by molar-refractivity contribution is 0.0979. The molecule has 0 radical (unpaired) electrons. The number of nitrogens with zero attached hydrogens (tertiary/aromatic N) is 2. The van der Waals surface area contributed by atoms with Crippen LogP contribution >= 0.6 is 0 Å². The molecule has 0 unspecified atom stereocenters. The summed E-state index contributed by atoms with van der Waals surface area (Å²) in [5, 5.41) is 3.25. The molecule has 2 aliphatic rings. The van der Waals surface area contributed by atoms with Gasteiger partial charge in [0.15, 0.2) is 0 Å². The summed E-state index contributed by atoms with van der Waals surface area (Å²) in [6.45, 7) is 13.8. The van der Waals surface area contributed by atoms with Gasteiger partial charge < -0.3 is 10.2 Å². The van der Waals surface area contributed by atoms with Crippen molar-refractivity contribution >= 4 is 11.6 Å². The van der Waals surface area contributed by atoms with Crippen LogP contribution in [0.25, 0.3) is 5.57 Å². The lowest BCUT2D eigenvalue weighted by Gasteiger charge is -2.40. The molecule has 28 heavy (non-hydrogen) atoms. The number of hydrogen-bond donors (Lipinski definition) is 1. The van der Waals surface area contributed by atoms with E-state index in [1.807, 2.05) is 17.9 Å². The topological polar surface area (TPSA) is 35.6 Å². The Morgan fingerprint density at radius 3 is 2.32 bits per heavy atom. The van der Waals surface area contributed by atoms with Crippen LogP contribution in [0.3, 0.4) is 0 Å². The number of allylic oxidation sites excluding steroid dienone is 1. The zero-order chi connectivity index (χ0) is 20.1. The summed E-state index contributed by atoms with van der Waals surface area (Å²) in [5.74, 6) is 0. The number of hydrogen-bond acceptors (Lipinski definition) is 2. The third-order valence-corrected chi connectivity index (χ3v) is 6.44. The van der Waals surface area contributed by atoms with Crippen LogP contribution in [0.1, 0.15) is 70.4 Å². The van der Waals surface area contributed by atoms with Gasteiger partial charge in [-0.1, -0.05) is 56.0 Å². The van der Waals surface area contributed by atoms with Gasteiger partial charge in [-0.05, 0) is 50.8 Å². The molecule has 0 atom stereocenters. The molecular formula is C24H37N3O. The molecule has 154 valence electrons. The van der Waals surface area contributed by atoms with Gasteiger partial charge in [0.1, 0.15) is 0 Å². The lowest BCUT2D eigenvalue weighted by Crippen LogP contribution is -2.56. The molecule has 3 rings (SSSR count). The molecule has 1 heterocycles. The number of carbonyl (C=O) groups excluding carboxylic acids is 1. The zero-order valence-corrected chi connectivity index (χ0v) is 18.0. The molecule has 1 aliphatic heterocycles. The number of rotatable bonds is 4. The van der Waals surface area contributed by atoms with Gasteiger partial charge in [-0.15, -0.1) is 0 Å². The van der Waals surface area contributed by atoms with E-state index in [2.05, 4.69) is 48.8 Å². The molecule has 1 saturated heterocycles. The summed E-state index contributed by atoms with van der Waals surface area (Å²) in [6, 6.07) is 9.10. The van der Waals surface area contributed by atoms with E-state index in [-0.39, 0.29) is 6.03 Å². The molecule has 0 bridgehead atoms. The Kier molecular flexibility index (Phi) is 6.82. The van der Waals surface area contributed by atoms with Gasteiger partial charge in [0, 0.05) is 32.2 Å². The second-order valence-corrected chi connectivity index (χ2v) is 9.08. The Balaban J connectivity index is 1.56. The maximum atomic E-state index is 12.9. The number of carbonyl (C=O) groups is 1.